The van der Waals surface area contributed by atoms with Gasteiger partial charge in [0.1, 0.15) is 11.4 Å². The van der Waals surface area contributed by atoms with Gasteiger partial charge in [-0.2, -0.15) is 18.3 Å². The van der Waals surface area contributed by atoms with E-state index < -0.39 is 11.7 Å². The van der Waals surface area contributed by atoms with Gasteiger partial charge in [0.25, 0.3) is 5.91 Å². The molecule has 1 aliphatic rings. The predicted molar refractivity (Wildman–Crippen MR) is 115 cm³/mol. The lowest BCUT2D eigenvalue weighted by Gasteiger charge is -2.36. The quantitative estimate of drug-likeness (QED) is 0.609. The van der Waals surface area contributed by atoms with Crippen LogP contribution in [0.1, 0.15) is 16.1 Å². The van der Waals surface area contributed by atoms with Gasteiger partial charge in [-0.25, -0.2) is 0 Å². The van der Waals surface area contributed by atoms with E-state index in [-0.39, 0.29) is 5.91 Å². The van der Waals surface area contributed by atoms with Crippen LogP contribution in [-0.2, 0) is 13.2 Å². The van der Waals surface area contributed by atoms with Gasteiger partial charge in [0, 0.05) is 44.5 Å². The summed E-state index contributed by atoms with van der Waals surface area (Å²) >= 11 is 0. The molecule has 1 aliphatic heterocycles. The summed E-state index contributed by atoms with van der Waals surface area (Å²) in [5.41, 5.74) is 1.85. The van der Waals surface area contributed by atoms with Crippen LogP contribution in [0.5, 0.6) is 5.75 Å². The number of benzene rings is 2. The zero-order chi connectivity index (χ0) is 22.9. The van der Waals surface area contributed by atoms with E-state index in [4.69, 9.17) is 4.74 Å². The number of hydrogen-bond donors (Lipinski definition) is 0. The van der Waals surface area contributed by atoms with Gasteiger partial charge in [-0.3, -0.25) is 9.48 Å². The van der Waals surface area contributed by atoms with Gasteiger partial charge in [0.05, 0.1) is 18.4 Å². The van der Waals surface area contributed by atoms with Crippen molar-refractivity contribution in [2.24, 2.45) is 7.05 Å². The van der Waals surface area contributed by atoms with Crippen molar-refractivity contribution in [3.05, 3.63) is 65.9 Å². The van der Waals surface area contributed by atoms with Crippen molar-refractivity contribution in [2.45, 2.75) is 6.18 Å². The number of rotatable bonds is 4. The number of amides is 1. The van der Waals surface area contributed by atoms with E-state index >= 15 is 0 Å². The van der Waals surface area contributed by atoms with Gasteiger partial charge in [0.2, 0.25) is 0 Å². The number of aryl methyl sites for hydroxylation is 1. The van der Waals surface area contributed by atoms with Gasteiger partial charge in [-0.15, -0.1) is 0 Å². The standard InChI is InChI=1S/C23H23F3N4O2/c1-28-21(15-20(27-28)16-6-8-19(32-2)9-7-16)22(31)30-12-10-29(11-13-30)18-5-3-4-17(14-18)23(24,25)26/h3-9,14-15H,10-13H2,1-2H3. The molecule has 0 bridgehead atoms. The van der Waals surface area contributed by atoms with Gasteiger partial charge in [0.15, 0.2) is 0 Å². The van der Waals surface area contributed by atoms with Crippen molar-refractivity contribution in [2.75, 3.05) is 38.2 Å². The van der Waals surface area contributed by atoms with Crippen LogP contribution < -0.4 is 9.64 Å². The number of alkyl halides is 3. The molecule has 3 aromatic rings. The number of aromatic nitrogens is 2. The summed E-state index contributed by atoms with van der Waals surface area (Å²) < 4.78 is 45.7. The first kappa shape index (κ1) is 21.7. The molecule has 168 valence electrons. The SMILES string of the molecule is COc1ccc(-c2cc(C(=O)N3CCN(c4cccc(C(F)(F)F)c4)CC3)n(C)n2)cc1. The average Bonchev–Trinajstić information content (AvgIpc) is 3.20. The van der Waals surface area contributed by atoms with E-state index in [1.807, 2.05) is 29.2 Å². The van der Waals surface area contributed by atoms with E-state index in [0.717, 1.165) is 23.4 Å². The van der Waals surface area contributed by atoms with Gasteiger partial charge < -0.3 is 14.5 Å². The van der Waals surface area contributed by atoms with Crippen LogP contribution in [0.15, 0.2) is 54.6 Å². The first-order valence-corrected chi connectivity index (χ1v) is 10.2. The molecule has 2 heterocycles. The molecular weight excluding hydrogens is 421 g/mol. The zero-order valence-electron chi connectivity index (χ0n) is 17.8. The molecule has 0 saturated carbocycles. The zero-order valence-corrected chi connectivity index (χ0v) is 17.8. The lowest BCUT2D eigenvalue weighted by Crippen LogP contribution is -2.49. The molecule has 1 fully saturated rings. The topological polar surface area (TPSA) is 50.6 Å². The molecule has 0 N–H and O–H groups in total. The fraction of sp³-hybridized carbons (Fsp3) is 0.304. The molecule has 0 unspecified atom stereocenters. The van der Waals surface area contributed by atoms with Crippen molar-refractivity contribution in [3.63, 3.8) is 0 Å². The molecule has 0 spiro atoms. The van der Waals surface area contributed by atoms with Crippen LogP contribution in [0.3, 0.4) is 0 Å². The molecule has 4 rings (SSSR count). The lowest BCUT2D eigenvalue weighted by molar-refractivity contribution is -0.137. The first-order valence-electron chi connectivity index (χ1n) is 10.2. The number of carbonyl (C=O) groups excluding carboxylic acids is 1. The summed E-state index contributed by atoms with van der Waals surface area (Å²) in [7, 11) is 3.32. The molecule has 6 nitrogen and oxygen atoms in total. The molecule has 0 atom stereocenters. The van der Waals surface area contributed by atoms with Crippen molar-refractivity contribution < 1.29 is 22.7 Å². The highest BCUT2D eigenvalue weighted by molar-refractivity contribution is 5.94. The minimum Gasteiger partial charge on any atom is -0.497 e. The molecule has 1 amide bonds. The Labute approximate surface area is 183 Å². The second kappa shape index (κ2) is 8.57. The predicted octanol–water partition coefficient (Wildman–Crippen LogP) is 4.08. The maximum Gasteiger partial charge on any atom is 0.416 e. The minimum absolute atomic E-state index is 0.150. The smallest absolute Gasteiger partial charge is 0.416 e. The maximum atomic E-state index is 13.1. The van der Waals surface area contributed by atoms with Crippen molar-refractivity contribution in [1.82, 2.24) is 14.7 Å². The Bertz CT molecular complexity index is 1100. The molecule has 32 heavy (non-hydrogen) atoms. The lowest BCUT2D eigenvalue weighted by atomic mass is 10.1. The van der Waals surface area contributed by atoms with E-state index in [1.165, 1.54) is 6.07 Å². The average molecular weight is 444 g/mol. The molecule has 2 aromatic carbocycles. The Morgan fingerprint density at radius 3 is 2.31 bits per heavy atom. The van der Waals surface area contributed by atoms with E-state index in [9.17, 15) is 18.0 Å². The number of anilines is 1. The highest BCUT2D eigenvalue weighted by atomic mass is 19.4. The van der Waals surface area contributed by atoms with Crippen LogP contribution in [0.2, 0.25) is 0 Å². The maximum absolute atomic E-state index is 13.1. The fourth-order valence-corrected chi connectivity index (χ4v) is 3.78. The molecule has 0 aliphatic carbocycles. The Kier molecular flexibility index (Phi) is 5.82. The fourth-order valence-electron chi connectivity index (χ4n) is 3.78. The van der Waals surface area contributed by atoms with E-state index in [0.29, 0.717) is 43.3 Å². The summed E-state index contributed by atoms with van der Waals surface area (Å²) in [4.78, 5) is 16.6. The second-order valence-corrected chi connectivity index (χ2v) is 7.59. The summed E-state index contributed by atoms with van der Waals surface area (Å²) in [6.45, 7) is 1.74. The number of nitrogens with zero attached hydrogens (tertiary/aromatic N) is 4. The van der Waals surface area contributed by atoms with Gasteiger partial charge in [-0.1, -0.05) is 6.07 Å². The van der Waals surface area contributed by atoms with Crippen LogP contribution >= 0.6 is 0 Å². The Morgan fingerprint density at radius 1 is 1.00 bits per heavy atom. The number of methoxy groups -OCH3 is 1. The monoisotopic (exact) mass is 444 g/mol. The summed E-state index contributed by atoms with van der Waals surface area (Å²) in [5.74, 6) is 0.586. The van der Waals surface area contributed by atoms with Crippen LogP contribution in [0.4, 0.5) is 18.9 Å². The number of piperazine rings is 1. The van der Waals surface area contributed by atoms with E-state index in [2.05, 4.69) is 5.10 Å². The molecule has 9 heteroatoms. The molecule has 0 radical (unpaired) electrons. The second-order valence-electron chi connectivity index (χ2n) is 7.59. The van der Waals surface area contributed by atoms with E-state index in [1.54, 1.807) is 35.9 Å². The van der Waals surface area contributed by atoms with Crippen molar-refractivity contribution in [3.8, 4) is 17.0 Å². The normalized spacial score (nSPS) is 14.5. The Morgan fingerprint density at radius 2 is 1.69 bits per heavy atom. The van der Waals surface area contributed by atoms with Crippen molar-refractivity contribution >= 4 is 11.6 Å². The van der Waals surface area contributed by atoms with Crippen LogP contribution in [0, 0.1) is 0 Å². The molecule has 1 saturated heterocycles. The van der Waals surface area contributed by atoms with Crippen LogP contribution in [-0.4, -0.2) is 53.9 Å². The Balaban J connectivity index is 1.44. The van der Waals surface area contributed by atoms with Gasteiger partial charge >= 0.3 is 6.18 Å². The number of carbonyl (C=O) groups is 1. The molecule has 1 aromatic heterocycles. The third-order valence-corrected chi connectivity index (χ3v) is 5.59. The number of hydrogen-bond acceptors (Lipinski definition) is 4. The third-order valence-electron chi connectivity index (χ3n) is 5.59. The number of ether oxygens (including phenoxy) is 1. The summed E-state index contributed by atoms with van der Waals surface area (Å²) in [6.07, 6.45) is -4.38. The number of halogens is 3. The third kappa shape index (κ3) is 4.42. The largest absolute Gasteiger partial charge is 0.497 e. The molecular formula is C23H23F3N4O2. The highest BCUT2D eigenvalue weighted by Crippen LogP contribution is 2.32. The Hall–Kier alpha value is -3.49. The minimum atomic E-state index is -4.38. The summed E-state index contributed by atoms with van der Waals surface area (Å²) in [5, 5.41) is 4.46. The first-order chi connectivity index (χ1) is 15.3. The van der Waals surface area contributed by atoms with Crippen LogP contribution in [0.25, 0.3) is 11.3 Å². The summed E-state index contributed by atoms with van der Waals surface area (Å²) in [6, 6.07) is 14.5. The highest BCUT2D eigenvalue weighted by Gasteiger charge is 2.31. The van der Waals surface area contributed by atoms with Crippen molar-refractivity contribution in [1.29, 1.82) is 0 Å². The van der Waals surface area contributed by atoms with Gasteiger partial charge in [-0.05, 0) is 48.5 Å².